The Morgan fingerprint density at radius 3 is 3.13 bits per heavy atom. The smallest absolute Gasteiger partial charge is 0.0460 e. The lowest BCUT2D eigenvalue weighted by Crippen LogP contribution is -2.32. The van der Waals surface area contributed by atoms with E-state index in [2.05, 4.69) is 51.4 Å². The van der Waals surface area contributed by atoms with Gasteiger partial charge in [-0.2, -0.15) is 0 Å². The third-order valence-corrected chi connectivity index (χ3v) is 3.59. The van der Waals surface area contributed by atoms with Crippen LogP contribution in [0.25, 0.3) is 10.9 Å². The number of halogens is 1. The quantitative estimate of drug-likeness (QED) is 0.753. The fraction of sp³-hybridized carbons (Fsp3) is 0.333. The summed E-state index contributed by atoms with van der Waals surface area (Å²) in [5.74, 6) is 0. The fourth-order valence-corrected chi connectivity index (χ4v) is 2.68. The zero-order valence-corrected chi connectivity index (χ0v) is 10.2. The molecule has 2 aromatic rings. The van der Waals surface area contributed by atoms with E-state index in [9.17, 15) is 0 Å². The first-order chi connectivity index (χ1) is 7.24. The van der Waals surface area contributed by atoms with Gasteiger partial charge in [-0.15, -0.1) is 0 Å². The highest BCUT2D eigenvalue weighted by Crippen LogP contribution is 2.28. The molecule has 1 atom stereocenters. The Hall–Kier alpha value is -0.800. The van der Waals surface area contributed by atoms with E-state index >= 15 is 0 Å². The minimum absolute atomic E-state index is 0.579. The summed E-state index contributed by atoms with van der Waals surface area (Å²) < 4.78 is 1.16. The highest BCUT2D eigenvalue weighted by Gasteiger charge is 2.18. The molecule has 0 saturated carbocycles. The van der Waals surface area contributed by atoms with Crippen LogP contribution in [0, 0.1) is 0 Å². The Bertz CT molecular complexity index is 516. The van der Waals surface area contributed by atoms with Crippen LogP contribution in [0.5, 0.6) is 0 Å². The van der Waals surface area contributed by atoms with Crippen molar-refractivity contribution >= 4 is 26.8 Å². The Labute approximate surface area is 97.2 Å². The summed E-state index contributed by atoms with van der Waals surface area (Å²) in [5.41, 5.74) is 4.08. The molecule has 0 saturated heterocycles. The van der Waals surface area contributed by atoms with Crippen LogP contribution in [0.15, 0.2) is 22.7 Å². The summed E-state index contributed by atoms with van der Waals surface area (Å²) in [4.78, 5) is 3.48. The molecule has 78 valence electrons. The molecule has 1 aliphatic heterocycles. The van der Waals surface area contributed by atoms with Crippen LogP contribution in [0.3, 0.4) is 0 Å². The number of hydrogen-bond acceptors (Lipinski definition) is 1. The van der Waals surface area contributed by atoms with Gasteiger partial charge in [-0.05, 0) is 37.1 Å². The summed E-state index contributed by atoms with van der Waals surface area (Å²) in [6.07, 6.45) is 1.12. The molecule has 2 heterocycles. The maximum absolute atomic E-state index is 3.53. The van der Waals surface area contributed by atoms with Gasteiger partial charge >= 0.3 is 0 Å². The van der Waals surface area contributed by atoms with E-state index in [1.54, 1.807) is 0 Å². The van der Waals surface area contributed by atoms with Crippen molar-refractivity contribution in [3.8, 4) is 0 Å². The first kappa shape index (κ1) is 9.43. The molecule has 2 nitrogen and oxygen atoms in total. The van der Waals surface area contributed by atoms with Crippen LogP contribution >= 0.6 is 15.9 Å². The standard InChI is InChI=1S/C12H13BrN2/c1-7-4-9-10-5-8(13)2-3-11(10)15-12(9)6-14-7/h2-3,5,7,14-15H,4,6H2,1H3. The van der Waals surface area contributed by atoms with Crippen molar-refractivity contribution in [1.82, 2.24) is 10.3 Å². The molecule has 1 aliphatic rings. The van der Waals surface area contributed by atoms with E-state index in [0.717, 1.165) is 17.4 Å². The Balaban J connectivity index is 2.25. The van der Waals surface area contributed by atoms with Crippen LogP contribution in [0.2, 0.25) is 0 Å². The van der Waals surface area contributed by atoms with Crippen molar-refractivity contribution in [3.05, 3.63) is 33.9 Å². The Morgan fingerprint density at radius 1 is 1.40 bits per heavy atom. The lowest BCUT2D eigenvalue weighted by molar-refractivity contribution is 0.511. The van der Waals surface area contributed by atoms with E-state index in [1.807, 2.05) is 0 Å². The minimum Gasteiger partial charge on any atom is -0.357 e. The topological polar surface area (TPSA) is 27.8 Å². The SMILES string of the molecule is CC1Cc2c([nH]c3ccc(Br)cc23)CN1. The number of aromatic amines is 1. The lowest BCUT2D eigenvalue weighted by atomic mass is 10.00. The van der Waals surface area contributed by atoms with E-state index in [0.29, 0.717) is 6.04 Å². The van der Waals surface area contributed by atoms with Crippen LogP contribution in [-0.2, 0) is 13.0 Å². The van der Waals surface area contributed by atoms with Crippen LogP contribution in [-0.4, -0.2) is 11.0 Å². The van der Waals surface area contributed by atoms with Crippen molar-refractivity contribution in [3.63, 3.8) is 0 Å². The molecule has 3 heteroatoms. The number of benzene rings is 1. The summed E-state index contributed by atoms with van der Waals surface area (Å²) in [7, 11) is 0. The molecule has 0 radical (unpaired) electrons. The third kappa shape index (κ3) is 1.50. The molecular weight excluding hydrogens is 252 g/mol. The fourth-order valence-electron chi connectivity index (χ4n) is 2.31. The van der Waals surface area contributed by atoms with Crippen molar-refractivity contribution in [2.24, 2.45) is 0 Å². The first-order valence-electron chi connectivity index (χ1n) is 5.26. The van der Waals surface area contributed by atoms with Gasteiger partial charge in [-0.1, -0.05) is 15.9 Å². The second-order valence-electron chi connectivity index (χ2n) is 4.26. The van der Waals surface area contributed by atoms with Gasteiger partial charge in [0.1, 0.15) is 0 Å². The Kier molecular flexibility index (Phi) is 2.11. The van der Waals surface area contributed by atoms with Gasteiger partial charge in [-0.3, -0.25) is 0 Å². The van der Waals surface area contributed by atoms with Gasteiger partial charge < -0.3 is 10.3 Å². The summed E-state index contributed by atoms with van der Waals surface area (Å²) in [6.45, 7) is 3.20. The normalized spacial score (nSPS) is 20.5. The summed E-state index contributed by atoms with van der Waals surface area (Å²) in [5, 5.41) is 4.84. The molecule has 15 heavy (non-hydrogen) atoms. The second-order valence-corrected chi connectivity index (χ2v) is 5.17. The largest absolute Gasteiger partial charge is 0.357 e. The van der Waals surface area contributed by atoms with Crippen molar-refractivity contribution in [1.29, 1.82) is 0 Å². The summed E-state index contributed by atoms with van der Waals surface area (Å²) >= 11 is 3.53. The zero-order valence-electron chi connectivity index (χ0n) is 8.60. The molecule has 2 N–H and O–H groups in total. The molecule has 0 fully saturated rings. The minimum atomic E-state index is 0.579. The third-order valence-electron chi connectivity index (χ3n) is 3.09. The van der Waals surface area contributed by atoms with E-state index in [-0.39, 0.29) is 0 Å². The van der Waals surface area contributed by atoms with Gasteiger partial charge in [0.2, 0.25) is 0 Å². The van der Waals surface area contributed by atoms with Crippen molar-refractivity contribution < 1.29 is 0 Å². The van der Waals surface area contributed by atoms with Crippen LogP contribution < -0.4 is 5.32 Å². The van der Waals surface area contributed by atoms with E-state index in [1.165, 1.54) is 22.2 Å². The first-order valence-corrected chi connectivity index (χ1v) is 6.05. The zero-order chi connectivity index (χ0) is 10.4. The number of aromatic nitrogens is 1. The number of H-pyrrole nitrogens is 1. The van der Waals surface area contributed by atoms with Crippen LogP contribution in [0.4, 0.5) is 0 Å². The van der Waals surface area contributed by atoms with Gasteiger partial charge in [0.15, 0.2) is 0 Å². The average Bonchev–Trinajstić information content (AvgIpc) is 2.56. The Morgan fingerprint density at radius 2 is 2.27 bits per heavy atom. The second kappa shape index (κ2) is 3.35. The highest BCUT2D eigenvalue weighted by atomic mass is 79.9. The van der Waals surface area contributed by atoms with E-state index in [4.69, 9.17) is 0 Å². The monoisotopic (exact) mass is 264 g/mol. The molecule has 0 spiro atoms. The van der Waals surface area contributed by atoms with Gasteiger partial charge in [-0.25, -0.2) is 0 Å². The molecule has 1 unspecified atom stereocenters. The number of hydrogen-bond donors (Lipinski definition) is 2. The van der Waals surface area contributed by atoms with E-state index < -0.39 is 0 Å². The van der Waals surface area contributed by atoms with Crippen molar-refractivity contribution in [2.45, 2.75) is 25.9 Å². The molecule has 0 amide bonds. The van der Waals surface area contributed by atoms with Gasteiger partial charge in [0.25, 0.3) is 0 Å². The maximum Gasteiger partial charge on any atom is 0.0460 e. The number of rotatable bonds is 0. The number of fused-ring (bicyclic) bond motifs is 3. The summed E-state index contributed by atoms with van der Waals surface area (Å²) in [6, 6.07) is 7.02. The molecule has 1 aromatic heterocycles. The lowest BCUT2D eigenvalue weighted by Gasteiger charge is -2.20. The predicted octanol–water partition coefficient (Wildman–Crippen LogP) is 2.96. The van der Waals surface area contributed by atoms with Crippen LogP contribution in [0.1, 0.15) is 18.2 Å². The van der Waals surface area contributed by atoms with Crippen molar-refractivity contribution in [2.75, 3.05) is 0 Å². The predicted molar refractivity (Wildman–Crippen MR) is 66.0 cm³/mol. The molecule has 0 aliphatic carbocycles. The molecular formula is C12H13BrN2. The number of nitrogens with one attached hydrogen (secondary N) is 2. The van der Waals surface area contributed by atoms with Gasteiger partial charge in [0, 0.05) is 33.7 Å². The molecule has 1 aromatic carbocycles. The average molecular weight is 265 g/mol. The molecule has 0 bridgehead atoms. The highest BCUT2D eigenvalue weighted by molar-refractivity contribution is 9.10. The van der Waals surface area contributed by atoms with Gasteiger partial charge in [0.05, 0.1) is 0 Å². The molecule has 3 rings (SSSR count). The maximum atomic E-state index is 3.53.